The molecular formula is C11H13BrN4O2S. The van der Waals surface area contributed by atoms with Gasteiger partial charge in [0, 0.05) is 16.6 Å². The van der Waals surface area contributed by atoms with Crippen molar-refractivity contribution in [1.29, 1.82) is 0 Å². The monoisotopic (exact) mass is 344 g/mol. The Morgan fingerprint density at radius 3 is 2.68 bits per heavy atom. The van der Waals surface area contributed by atoms with E-state index in [0.717, 1.165) is 16.5 Å². The number of rotatable bonds is 4. The molecule has 0 aliphatic rings. The highest BCUT2D eigenvalue weighted by molar-refractivity contribution is 9.10. The number of sulfonamides is 1. The van der Waals surface area contributed by atoms with Gasteiger partial charge in [-0.1, -0.05) is 35.0 Å². The van der Waals surface area contributed by atoms with E-state index in [9.17, 15) is 8.42 Å². The van der Waals surface area contributed by atoms with Crippen molar-refractivity contribution in [2.45, 2.75) is 25.0 Å². The Kier molecular flexibility index (Phi) is 4.02. The Labute approximate surface area is 119 Å². The topological polar surface area (TPSA) is 90.9 Å². The first kappa shape index (κ1) is 14.2. The van der Waals surface area contributed by atoms with Crippen LogP contribution in [-0.2, 0) is 16.6 Å². The zero-order valence-electron chi connectivity index (χ0n) is 10.2. The van der Waals surface area contributed by atoms with Crippen LogP contribution in [0.25, 0.3) is 11.4 Å². The summed E-state index contributed by atoms with van der Waals surface area (Å²) < 4.78 is 25.4. The molecule has 2 N–H and O–H groups in total. The third-order valence-corrected chi connectivity index (χ3v) is 3.81. The molecule has 0 saturated heterocycles. The number of hydrogen-bond donors (Lipinski definition) is 1. The first-order valence-corrected chi connectivity index (χ1v) is 7.99. The summed E-state index contributed by atoms with van der Waals surface area (Å²) in [4.78, 5) is 0. The van der Waals surface area contributed by atoms with Gasteiger partial charge in [-0.3, -0.25) is 4.57 Å². The van der Waals surface area contributed by atoms with Crippen LogP contribution in [0.15, 0.2) is 33.9 Å². The highest BCUT2D eigenvalue weighted by Gasteiger charge is 2.21. The predicted octanol–water partition coefficient (Wildman–Crippen LogP) is 1.76. The fraction of sp³-hybridized carbons (Fsp3) is 0.273. The molecule has 0 unspecified atom stereocenters. The number of nitrogens with two attached hydrogens (primary N) is 1. The lowest BCUT2D eigenvalue weighted by Gasteiger charge is -2.07. The summed E-state index contributed by atoms with van der Waals surface area (Å²) in [6.45, 7) is 2.43. The van der Waals surface area contributed by atoms with Crippen LogP contribution >= 0.6 is 15.9 Å². The number of benzene rings is 1. The molecule has 0 radical (unpaired) electrons. The summed E-state index contributed by atoms with van der Waals surface area (Å²) in [5, 5.41) is 12.6. The summed E-state index contributed by atoms with van der Waals surface area (Å²) in [6.07, 6.45) is 0.752. The summed E-state index contributed by atoms with van der Waals surface area (Å²) in [6, 6.07) is 7.42. The van der Waals surface area contributed by atoms with Gasteiger partial charge in [-0.05, 0) is 18.6 Å². The second-order valence-corrected chi connectivity index (χ2v) is 6.38. The second kappa shape index (κ2) is 5.40. The lowest BCUT2D eigenvalue weighted by atomic mass is 10.2. The molecule has 1 aromatic heterocycles. The Balaban J connectivity index is 2.62. The minimum absolute atomic E-state index is 0.204. The number of primary sulfonamides is 1. The molecule has 8 heteroatoms. The third-order valence-electron chi connectivity index (χ3n) is 2.50. The molecule has 0 aliphatic heterocycles. The molecule has 0 aliphatic carbocycles. The Bertz CT molecular complexity index is 696. The van der Waals surface area contributed by atoms with Crippen LogP contribution in [0.2, 0.25) is 0 Å². The van der Waals surface area contributed by atoms with Crippen LogP contribution < -0.4 is 5.14 Å². The van der Waals surface area contributed by atoms with Crippen molar-refractivity contribution in [3.05, 3.63) is 28.7 Å². The molecule has 6 nitrogen and oxygen atoms in total. The fourth-order valence-electron chi connectivity index (χ4n) is 1.77. The van der Waals surface area contributed by atoms with E-state index in [-0.39, 0.29) is 5.16 Å². The van der Waals surface area contributed by atoms with Crippen molar-refractivity contribution in [2.75, 3.05) is 0 Å². The highest BCUT2D eigenvalue weighted by Crippen LogP contribution is 2.23. The number of hydrogen-bond acceptors (Lipinski definition) is 4. The average Bonchev–Trinajstić information content (AvgIpc) is 2.73. The van der Waals surface area contributed by atoms with Crippen molar-refractivity contribution in [3.63, 3.8) is 0 Å². The lowest BCUT2D eigenvalue weighted by Crippen LogP contribution is -2.19. The van der Waals surface area contributed by atoms with Gasteiger partial charge in [-0.2, -0.15) is 0 Å². The van der Waals surface area contributed by atoms with E-state index in [2.05, 4.69) is 26.1 Å². The molecule has 0 bridgehead atoms. The second-order valence-electron chi connectivity index (χ2n) is 4.01. The SMILES string of the molecule is CCCn1c(-c2cccc(Br)c2)nnc1S(N)(=O)=O. The largest absolute Gasteiger partial charge is 0.297 e. The molecule has 102 valence electrons. The van der Waals surface area contributed by atoms with Gasteiger partial charge in [0.15, 0.2) is 5.82 Å². The maximum atomic E-state index is 11.5. The fourth-order valence-corrected chi connectivity index (χ4v) is 2.80. The summed E-state index contributed by atoms with van der Waals surface area (Å²) in [5.41, 5.74) is 0.783. The van der Waals surface area contributed by atoms with E-state index in [1.807, 2.05) is 31.2 Å². The van der Waals surface area contributed by atoms with Crippen LogP contribution in [0.3, 0.4) is 0 Å². The van der Waals surface area contributed by atoms with Crippen molar-refractivity contribution in [1.82, 2.24) is 14.8 Å². The average molecular weight is 345 g/mol. The quantitative estimate of drug-likeness (QED) is 0.914. The molecule has 0 saturated carbocycles. The zero-order valence-corrected chi connectivity index (χ0v) is 12.6. The Morgan fingerprint density at radius 2 is 2.11 bits per heavy atom. The summed E-state index contributed by atoms with van der Waals surface area (Å²) >= 11 is 3.37. The van der Waals surface area contributed by atoms with E-state index in [0.29, 0.717) is 12.4 Å². The number of aromatic nitrogens is 3. The molecule has 1 heterocycles. The highest BCUT2D eigenvalue weighted by atomic mass is 79.9. The van der Waals surface area contributed by atoms with Crippen molar-refractivity contribution >= 4 is 26.0 Å². The minimum Gasteiger partial charge on any atom is -0.297 e. The predicted molar refractivity (Wildman–Crippen MR) is 74.8 cm³/mol. The van der Waals surface area contributed by atoms with Crippen LogP contribution in [0.1, 0.15) is 13.3 Å². The van der Waals surface area contributed by atoms with Gasteiger partial charge in [0.25, 0.3) is 15.2 Å². The van der Waals surface area contributed by atoms with Gasteiger partial charge < -0.3 is 0 Å². The first-order valence-electron chi connectivity index (χ1n) is 5.65. The molecule has 0 amide bonds. The molecule has 0 atom stereocenters. The minimum atomic E-state index is -3.88. The molecule has 2 aromatic rings. The van der Waals surface area contributed by atoms with Crippen LogP contribution in [0.5, 0.6) is 0 Å². The van der Waals surface area contributed by atoms with Crippen molar-refractivity contribution in [2.24, 2.45) is 5.14 Å². The molecule has 0 fully saturated rings. The van der Waals surface area contributed by atoms with Gasteiger partial charge in [0.2, 0.25) is 0 Å². The molecule has 19 heavy (non-hydrogen) atoms. The van der Waals surface area contributed by atoms with Crippen LogP contribution in [0, 0.1) is 0 Å². The number of halogens is 1. The van der Waals surface area contributed by atoms with Crippen LogP contribution in [-0.4, -0.2) is 23.2 Å². The molecule has 1 aromatic carbocycles. The molecule has 2 rings (SSSR count). The standard InChI is InChI=1S/C11H13BrN4O2S/c1-2-6-16-10(8-4-3-5-9(12)7-8)14-15-11(16)19(13,17)18/h3-5,7H,2,6H2,1H3,(H2,13,17,18). The van der Waals surface area contributed by atoms with E-state index in [4.69, 9.17) is 5.14 Å². The Hall–Kier alpha value is -1.25. The van der Waals surface area contributed by atoms with Crippen molar-refractivity contribution in [3.8, 4) is 11.4 Å². The van der Waals surface area contributed by atoms with Gasteiger partial charge in [0.05, 0.1) is 0 Å². The van der Waals surface area contributed by atoms with E-state index < -0.39 is 10.0 Å². The van der Waals surface area contributed by atoms with E-state index in [1.54, 1.807) is 0 Å². The normalized spacial score (nSPS) is 11.7. The van der Waals surface area contributed by atoms with Crippen LogP contribution in [0.4, 0.5) is 0 Å². The maximum absolute atomic E-state index is 11.5. The smallest absolute Gasteiger partial charge is 0.273 e. The van der Waals surface area contributed by atoms with Gasteiger partial charge in [-0.25, -0.2) is 13.6 Å². The van der Waals surface area contributed by atoms with E-state index in [1.165, 1.54) is 4.57 Å². The van der Waals surface area contributed by atoms with Gasteiger partial charge >= 0.3 is 0 Å². The Morgan fingerprint density at radius 1 is 1.37 bits per heavy atom. The van der Waals surface area contributed by atoms with E-state index >= 15 is 0 Å². The van der Waals surface area contributed by atoms with Crippen molar-refractivity contribution < 1.29 is 8.42 Å². The van der Waals surface area contributed by atoms with Gasteiger partial charge in [0.1, 0.15) is 0 Å². The van der Waals surface area contributed by atoms with Gasteiger partial charge in [-0.15, -0.1) is 10.2 Å². The maximum Gasteiger partial charge on any atom is 0.273 e. The number of nitrogens with zero attached hydrogens (tertiary/aromatic N) is 3. The summed E-state index contributed by atoms with van der Waals surface area (Å²) in [5.74, 6) is 0.493. The first-order chi connectivity index (χ1) is 8.93. The third kappa shape index (κ3) is 3.02. The lowest BCUT2D eigenvalue weighted by molar-refractivity contribution is 0.559. The molecule has 0 spiro atoms. The zero-order chi connectivity index (χ0) is 14.0. The molecular weight excluding hydrogens is 332 g/mol. The summed E-state index contributed by atoms with van der Waals surface area (Å²) in [7, 11) is -3.88.